The first kappa shape index (κ1) is 17.0. The molecule has 0 fully saturated rings. The van der Waals surface area contributed by atoms with Crippen molar-refractivity contribution in [1.29, 1.82) is 0 Å². The molecule has 0 aliphatic carbocycles. The lowest BCUT2D eigenvalue weighted by molar-refractivity contribution is 0.244. The lowest BCUT2D eigenvalue weighted by Crippen LogP contribution is -2.32. The summed E-state index contributed by atoms with van der Waals surface area (Å²) >= 11 is 0. The number of benzene rings is 2. The molecule has 5 heteroatoms. The van der Waals surface area contributed by atoms with Gasteiger partial charge in [-0.2, -0.15) is 0 Å². The lowest BCUT2D eigenvalue weighted by atomic mass is 10.0. The van der Waals surface area contributed by atoms with E-state index in [0.717, 1.165) is 5.56 Å². The topological polar surface area (TPSA) is 61.4 Å². The van der Waals surface area contributed by atoms with Crippen molar-refractivity contribution < 1.29 is 14.3 Å². The van der Waals surface area contributed by atoms with Gasteiger partial charge in [-0.3, -0.25) is 0 Å². The molecule has 3 N–H and O–H groups in total. The van der Waals surface area contributed by atoms with E-state index >= 15 is 0 Å². The van der Waals surface area contributed by atoms with Crippen LogP contribution in [0.15, 0.2) is 48.5 Å². The third-order valence-electron chi connectivity index (χ3n) is 3.57. The van der Waals surface area contributed by atoms with Crippen LogP contribution in [-0.4, -0.2) is 17.7 Å². The molecule has 0 bridgehead atoms. The predicted octanol–water partition coefficient (Wildman–Crippen LogP) is 3.77. The summed E-state index contributed by atoms with van der Waals surface area (Å²) in [5.41, 5.74) is 1.99. The SMILES string of the molecule is Cc1cc(NC(=O)NC(CCCO)c2ccccc2)ccc1F. The zero-order valence-corrected chi connectivity index (χ0v) is 13.1. The maximum atomic E-state index is 13.3. The molecule has 4 nitrogen and oxygen atoms in total. The Balaban J connectivity index is 2.03. The molecular formula is C18H21FN2O2. The lowest BCUT2D eigenvalue weighted by Gasteiger charge is -2.19. The summed E-state index contributed by atoms with van der Waals surface area (Å²) in [6.45, 7) is 1.72. The quantitative estimate of drug-likeness (QED) is 0.759. The largest absolute Gasteiger partial charge is 0.396 e. The van der Waals surface area contributed by atoms with Crippen LogP contribution in [0, 0.1) is 12.7 Å². The highest BCUT2D eigenvalue weighted by atomic mass is 19.1. The standard InChI is InChI=1S/C18H21FN2O2/c1-13-12-15(9-10-16(13)19)20-18(23)21-17(8-5-11-22)14-6-3-2-4-7-14/h2-4,6-7,9-10,12,17,22H,5,8,11H2,1H3,(H2,20,21,23). The van der Waals surface area contributed by atoms with Crippen LogP contribution in [0.2, 0.25) is 0 Å². The maximum Gasteiger partial charge on any atom is 0.319 e. The molecule has 0 aliphatic rings. The summed E-state index contributed by atoms with van der Waals surface area (Å²) < 4.78 is 13.3. The summed E-state index contributed by atoms with van der Waals surface area (Å²) in [6, 6.07) is 13.5. The Labute approximate surface area is 135 Å². The monoisotopic (exact) mass is 316 g/mol. The fraction of sp³-hybridized carbons (Fsp3) is 0.278. The predicted molar refractivity (Wildman–Crippen MR) is 88.8 cm³/mol. The number of urea groups is 1. The van der Waals surface area contributed by atoms with Crippen LogP contribution in [0.5, 0.6) is 0 Å². The molecule has 0 radical (unpaired) electrons. The van der Waals surface area contributed by atoms with Gasteiger partial charge in [-0.15, -0.1) is 0 Å². The number of rotatable bonds is 6. The number of carbonyl (C=O) groups excluding carboxylic acids is 1. The molecule has 0 aromatic heterocycles. The molecule has 0 aliphatic heterocycles. The highest BCUT2D eigenvalue weighted by Gasteiger charge is 2.14. The van der Waals surface area contributed by atoms with Gasteiger partial charge in [0, 0.05) is 12.3 Å². The Morgan fingerprint density at radius 2 is 1.96 bits per heavy atom. The second kappa shape index (κ2) is 8.29. The Kier molecular flexibility index (Phi) is 6.11. The Morgan fingerprint density at radius 3 is 2.61 bits per heavy atom. The van der Waals surface area contributed by atoms with E-state index in [-0.39, 0.29) is 24.5 Å². The molecule has 2 aromatic rings. The fourth-order valence-corrected chi connectivity index (χ4v) is 2.35. The smallest absolute Gasteiger partial charge is 0.319 e. The van der Waals surface area contributed by atoms with Crippen molar-refractivity contribution >= 4 is 11.7 Å². The molecule has 2 rings (SSSR count). The van der Waals surface area contributed by atoms with Crippen LogP contribution in [0.25, 0.3) is 0 Å². The summed E-state index contributed by atoms with van der Waals surface area (Å²) in [4.78, 5) is 12.2. The summed E-state index contributed by atoms with van der Waals surface area (Å²) in [7, 11) is 0. The Hall–Kier alpha value is -2.40. The first-order chi connectivity index (χ1) is 11.1. The zero-order chi connectivity index (χ0) is 16.7. The zero-order valence-electron chi connectivity index (χ0n) is 13.1. The van der Waals surface area contributed by atoms with Crippen LogP contribution >= 0.6 is 0 Å². The minimum Gasteiger partial charge on any atom is -0.396 e. The van der Waals surface area contributed by atoms with E-state index in [1.807, 2.05) is 30.3 Å². The molecule has 0 spiro atoms. The van der Waals surface area contributed by atoms with Gasteiger partial charge in [0.1, 0.15) is 5.82 Å². The van der Waals surface area contributed by atoms with Crippen molar-refractivity contribution in [3.63, 3.8) is 0 Å². The van der Waals surface area contributed by atoms with Crippen molar-refractivity contribution in [2.45, 2.75) is 25.8 Å². The van der Waals surface area contributed by atoms with Crippen molar-refractivity contribution in [2.75, 3.05) is 11.9 Å². The summed E-state index contributed by atoms with van der Waals surface area (Å²) in [6.07, 6.45) is 1.23. The number of carbonyl (C=O) groups is 1. The van der Waals surface area contributed by atoms with E-state index in [9.17, 15) is 9.18 Å². The van der Waals surface area contributed by atoms with Gasteiger partial charge in [0.15, 0.2) is 0 Å². The van der Waals surface area contributed by atoms with Gasteiger partial charge in [0.25, 0.3) is 0 Å². The Bertz CT molecular complexity index is 647. The normalized spacial score (nSPS) is 11.8. The Morgan fingerprint density at radius 1 is 1.22 bits per heavy atom. The number of aryl methyl sites for hydroxylation is 1. The molecular weight excluding hydrogens is 295 g/mol. The average molecular weight is 316 g/mol. The third kappa shape index (κ3) is 5.07. The van der Waals surface area contributed by atoms with E-state index in [2.05, 4.69) is 10.6 Å². The molecule has 2 amide bonds. The second-order valence-electron chi connectivity index (χ2n) is 5.39. The van der Waals surface area contributed by atoms with Gasteiger partial charge in [0.05, 0.1) is 6.04 Å². The van der Waals surface area contributed by atoms with Crippen molar-refractivity contribution in [1.82, 2.24) is 5.32 Å². The van der Waals surface area contributed by atoms with Crippen molar-refractivity contribution in [3.05, 3.63) is 65.5 Å². The van der Waals surface area contributed by atoms with E-state index in [1.54, 1.807) is 13.0 Å². The summed E-state index contributed by atoms with van der Waals surface area (Å²) in [5.74, 6) is -0.305. The number of aliphatic hydroxyl groups is 1. The number of anilines is 1. The fourth-order valence-electron chi connectivity index (χ4n) is 2.35. The van der Waals surface area contributed by atoms with Gasteiger partial charge in [-0.25, -0.2) is 9.18 Å². The number of amides is 2. The number of halogens is 1. The molecule has 0 heterocycles. The number of nitrogens with one attached hydrogen (secondary N) is 2. The van der Waals surface area contributed by atoms with Crippen LogP contribution in [0.4, 0.5) is 14.9 Å². The van der Waals surface area contributed by atoms with Gasteiger partial charge >= 0.3 is 6.03 Å². The molecule has 1 atom stereocenters. The second-order valence-corrected chi connectivity index (χ2v) is 5.39. The molecule has 0 saturated heterocycles. The van der Waals surface area contributed by atoms with Crippen LogP contribution in [0.3, 0.4) is 0 Å². The average Bonchev–Trinajstić information content (AvgIpc) is 2.55. The third-order valence-corrected chi connectivity index (χ3v) is 3.57. The number of hydrogen-bond donors (Lipinski definition) is 3. The molecule has 23 heavy (non-hydrogen) atoms. The van der Waals surface area contributed by atoms with Gasteiger partial charge < -0.3 is 15.7 Å². The molecule has 2 aromatic carbocycles. The minimum absolute atomic E-state index is 0.0732. The first-order valence-corrected chi connectivity index (χ1v) is 7.59. The molecule has 0 saturated carbocycles. The van der Waals surface area contributed by atoms with Crippen molar-refractivity contribution in [3.8, 4) is 0 Å². The van der Waals surface area contributed by atoms with E-state index in [0.29, 0.717) is 24.1 Å². The minimum atomic E-state index is -0.359. The van der Waals surface area contributed by atoms with Gasteiger partial charge in [-0.05, 0) is 49.1 Å². The van der Waals surface area contributed by atoms with Crippen LogP contribution in [0.1, 0.15) is 30.0 Å². The van der Waals surface area contributed by atoms with E-state index in [4.69, 9.17) is 5.11 Å². The van der Waals surface area contributed by atoms with Gasteiger partial charge in [-0.1, -0.05) is 30.3 Å². The first-order valence-electron chi connectivity index (χ1n) is 7.59. The van der Waals surface area contributed by atoms with Gasteiger partial charge in [0.2, 0.25) is 0 Å². The highest BCUT2D eigenvalue weighted by Crippen LogP contribution is 2.19. The van der Waals surface area contributed by atoms with Crippen molar-refractivity contribution in [2.24, 2.45) is 0 Å². The number of aliphatic hydroxyl groups excluding tert-OH is 1. The van der Waals surface area contributed by atoms with Crippen LogP contribution < -0.4 is 10.6 Å². The molecule has 122 valence electrons. The highest BCUT2D eigenvalue weighted by molar-refractivity contribution is 5.89. The van der Waals surface area contributed by atoms with E-state index < -0.39 is 0 Å². The van der Waals surface area contributed by atoms with Crippen LogP contribution in [-0.2, 0) is 0 Å². The van der Waals surface area contributed by atoms with E-state index in [1.165, 1.54) is 12.1 Å². The maximum absolute atomic E-state index is 13.3. The molecule has 1 unspecified atom stereocenters. The summed E-state index contributed by atoms with van der Waals surface area (Å²) in [5, 5.41) is 14.6. The number of hydrogen-bond acceptors (Lipinski definition) is 2.